The summed E-state index contributed by atoms with van der Waals surface area (Å²) in [6.07, 6.45) is 3.54. The van der Waals surface area contributed by atoms with Gasteiger partial charge in [-0.15, -0.1) is 0 Å². The average Bonchev–Trinajstić information content (AvgIpc) is 2.25. The van der Waals surface area contributed by atoms with Crippen LogP contribution in [0.5, 0.6) is 0 Å². The largest absolute Gasteiger partial charge is 0.351 e. The van der Waals surface area contributed by atoms with E-state index in [0.717, 1.165) is 11.1 Å². The summed E-state index contributed by atoms with van der Waals surface area (Å²) >= 11 is 0. The first-order valence-corrected chi connectivity index (χ1v) is 5.49. The number of nitrogens with zero attached hydrogens (tertiary/aromatic N) is 1. The number of nitrogens with one attached hydrogen (secondary N) is 2. The van der Waals surface area contributed by atoms with Crippen molar-refractivity contribution in [1.29, 1.82) is 0 Å². The van der Waals surface area contributed by atoms with Crippen molar-refractivity contribution in [2.45, 2.75) is 33.4 Å². The molecule has 0 spiro atoms. The summed E-state index contributed by atoms with van der Waals surface area (Å²) < 4.78 is 0. The number of pyridine rings is 1. The fourth-order valence-corrected chi connectivity index (χ4v) is 1.25. The SMILES string of the molecule is Cc1cnccc1CNC(=O)CNC(C)C. The maximum Gasteiger partial charge on any atom is 0.234 e. The molecule has 0 radical (unpaired) electrons. The number of hydrogen-bond acceptors (Lipinski definition) is 3. The predicted octanol–water partition coefficient (Wildman–Crippen LogP) is 1.00. The van der Waals surface area contributed by atoms with Gasteiger partial charge in [-0.2, -0.15) is 0 Å². The van der Waals surface area contributed by atoms with Crippen molar-refractivity contribution in [2.24, 2.45) is 0 Å². The summed E-state index contributed by atoms with van der Waals surface area (Å²) in [6.45, 7) is 6.94. The first-order valence-electron chi connectivity index (χ1n) is 5.49. The maximum atomic E-state index is 11.4. The number of rotatable bonds is 5. The number of aryl methyl sites for hydroxylation is 1. The molecule has 0 aliphatic rings. The Morgan fingerprint density at radius 1 is 1.50 bits per heavy atom. The van der Waals surface area contributed by atoms with Gasteiger partial charge >= 0.3 is 0 Å². The fourth-order valence-electron chi connectivity index (χ4n) is 1.25. The summed E-state index contributed by atoms with van der Waals surface area (Å²) in [7, 11) is 0. The zero-order chi connectivity index (χ0) is 12.0. The van der Waals surface area contributed by atoms with E-state index in [1.807, 2.05) is 26.8 Å². The van der Waals surface area contributed by atoms with E-state index in [4.69, 9.17) is 0 Å². The Kier molecular flexibility index (Phi) is 4.92. The van der Waals surface area contributed by atoms with E-state index in [2.05, 4.69) is 15.6 Å². The highest BCUT2D eigenvalue weighted by Crippen LogP contribution is 2.03. The van der Waals surface area contributed by atoms with Crippen LogP contribution in [-0.2, 0) is 11.3 Å². The Morgan fingerprint density at radius 2 is 2.25 bits per heavy atom. The van der Waals surface area contributed by atoms with Crippen molar-refractivity contribution < 1.29 is 4.79 Å². The molecule has 16 heavy (non-hydrogen) atoms. The average molecular weight is 221 g/mol. The molecule has 1 rings (SSSR count). The van der Waals surface area contributed by atoms with Crippen molar-refractivity contribution in [3.63, 3.8) is 0 Å². The summed E-state index contributed by atoms with van der Waals surface area (Å²) in [5.74, 6) is 0.0184. The van der Waals surface area contributed by atoms with Crippen LogP contribution in [-0.4, -0.2) is 23.5 Å². The van der Waals surface area contributed by atoms with Gasteiger partial charge in [-0.05, 0) is 24.1 Å². The highest BCUT2D eigenvalue weighted by atomic mass is 16.1. The predicted molar refractivity (Wildman–Crippen MR) is 64.0 cm³/mol. The lowest BCUT2D eigenvalue weighted by Crippen LogP contribution is -2.36. The van der Waals surface area contributed by atoms with Crippen LogP contribution in [0.3, 0.4) is 0 Å². The lowest BCUT2D eigenvalue weighted by Gasteiger charge is -2.09. The molecule has 0 aliphatic heterocycles. The monoisotopic (exact) mass is 221 g/mol. The minimum atomic E-state index is 0.0184. The van der Waals surface area contributed by atoms with E-state index in [9.17, 15) is 4.79 Å². The minimum Gasteiger partial charge on any atom is -0.351 e. The molecule has 0 aliphatic carbocycles. The molecule has 1 aromatic heterocycles. The Labute approximate surface area is 96.5 Å². The topological polar surface area (TPSA) is 54.0 Å². The molecule has 0 fully saturated rings. The molecule has 0 bridgehead atoms. The van der Waals surface area contributed by atoms with Gasteiger partial charge in [-0.3, -0.25) is 9.78 Å². The zero-order valence-corrected chi connectivity index (χ0v) is 10.1. The van der Waals surface area contributed by atoms with Crippen molar-refractivity contribution >= 4 is 5.91 Å². The number of carbonyl (C=O) groups is 1. The molecule has 4 heteroatoms. The van der Waals surface area contributed by atoms with Crippen LogP contribution in [0.4, 0.5) is 0 Å². The molecule has 0 unspecified atom stereocenters. The van der Waals surface area contributed by atoms with E-state index >= 15 is 0 Å². The molecule has 4 nitrogen and oxygen atoms in total. The molecule has 1 heterocycles. The highest BCUT2D eigenvalue weighted by molar-refractivity contribution is 5.78. The summed E-state index contributed by atoms with van der Waals surface area (Å²) in [4.78, 5) is 15.4. The Morgan fingerprint density at radius 3 is 2.88 bits per heavy atom. The molecule has 1 amide bonds. The lowest BCUT2D eigenvalue weighted by atomic mass is 10.1. The van der Waals surface area contributed by atoms with Gasteiger partial charge in [0, 0.05) is 25.0 Å². The lowest BCUT2D eigenvalue weighted by molar-refractivity contribution is -0.120. The van der Waals surface area contributed by atoms with Crippen molar-refractivity contribution in [1.82, 2.24) is 15.6 Å². The van der Waals surface area contributed by atoms with E-state index in [-0.39, 0.29) is 5.91 Å². The molecule has 1 aromatic rings. The molecule has 2 N–H and O–H groups in total. The van der Waals surface area contributed by atoms with E-state index < -0.39 is 0 Å². The van der Waals surface area contributed by atoms with E-state index in [1.165, 1.54) is 0 Å². The second-order valence-electron chi connectivity index (χ2n) is 4.11. The summed E-state index contributed by atoms with van der Waals surface area (Å²) in [5, 5.41) is 5.94. The number of carbonyl (C=O) groups excluding carboxylic acids is 1. The standard InChI is InChI=1S/C12H19N3O/c1-9(2)14-8-12(16)15-7-11-4-5-13-6-10(11)3/h4-6,9,14H,7-8H2,1-3H3,(H,15,16). The second-order valence-corrected chi connectivity index (χ2v) is 4.11. The van der Waals surface area contributed by atoms with Crippen LogP contribution >= 0.6 is 0 Å². The van der Waals surface area contributed by atoms with Crippen LogP contribution in [0.1, 0.15) is 25.0 Å². The van der Waals surface area contributed by atoms with Crippen LogP contribution in [0.25, 0.3) is 0 Å². The number of amides is 1. The van der Waals surface area contributed by atoms with E-state index in [0.29, 0.717) is 19.1 Å². The smallest absolute Gasteiger partial charge is 0.234 e. The molecular weight excluding hydrogens is 202 g/mol. The molecule has 0 saturated carbocycles. The zero-order valence-electron chi connectivity index (χ0n) is 10.1. The van der Waals surface area contributed by atoms with Gasteiger partial charge in [-0.1, -0.05) is 13.8 Å². The number of hydrogen-bond donors (Lipinski definition) is 2. The van der Waals surface area contributed by atoms with Gasteiger partial charge in [0.25, 0.3) is 0 Å². The van der Waals surface area contributed by atoms with Crippen LogP contribution in [0.15, 0.2) is 18.5 Å². The second kappa shape index (κ2) is 6.23. The number of aromatic nitrogens is 1. The van der Waals surface area contributed by atoms with Gasteiger partial charge in [0.2, 0.25) is 5.91 Å². The third-order valence-corrected chi connectivity index (χ3v) is 2.28. The first kappa shape index (κ1) is 12.6. The van der Waals surface area contributed by atoms with Gasteiger partial charge in [0.05, 0.1) is 6.54 Å². The Bertz CT molecular complexity index is 350. The molecular formula is C12H19N3O. The minimum absolute atomic E-state index is 0.0184. The van der Waals surface area contributed by atoms with Crippen LogP contribution in [0, 0.1) is 6.92 Å². The normalized spacial score (nSPS) is 10.5. The summed E-state index contributed by atoms with van der Waals surface area (Å²) in [6, 6.07) is 2.25. The van der Waals surface area contributed by atoms with Crippen LogP contribution in [0.2, 0.25) is 0 Å². The van der Waals surface area contributed by atoms with Gasteiger partial charge in [0.15, 0.2) is 0 Å². The molecule has 0 atom stereocenters. The molecule has 0 aromatic carbocycles. The Hall–Kier alpha value is -1.42. The quantitative estimate of drug-likeness (QED) is 0.780. The maximum absolute atomic E-state index is 11.4. The molecule has 0 saturated heterocycles. The third-order valence-electron chi connectivity index (χ3n) is 2.28. The van der Waals surface area contributed by atoms with E-state index in [1.54, 1.807) is 12.4 Å². The Balaban J connectivity index is 2.35. The van der Waals surface area contributed by atoms with Crippen molar-refractivity contribution in [3.05, 3.63) is 29.6 Å². The van der Waals surface area contributed by atoms with Gasteiger partial charge in [-0.25, -0.2) is 0 Å². The first-order chi connectivity index (χ1) is 7.59. The van der Waals surface area contributed by atoms with Gasteiger partial charge < -0.3 is 10.6 Å². The van der Waals surface area contributed by atoms with Gasteiger partial charge in [0.1, 0.15) is 0 Å². The van der Waals surface area contributed by atoms with Crippen molar-refractivity contribution in [3.8, 4) is 0 Å². The molecule has 88 valence electrons. The highest BCUT2D eigenvalue weighted by Gasteiger charge is 2.03. The van der Waals surface area contributed by atoms with Crippen LogP contribution < -0.4 is 10.6 Å². The fraction of sp³-hybridized carbons (Fsp3) is 0.500. The summed E-state index contributed by atoms with van der Waals surface area (Å²) in [5.41, 5.74) is 2.20. The third kappa shape index (κ3) is 4.40. The van der Waals surface area contributed by atoms with Crippen molar-refractivity contribution in [2.75, 3.05) is 6.54 Å².